The second kappa shape index (κ2) is 20.4. The first-order valence-electron chi connectivity index (χ1n) is 28.0. The van der Waals surface area contributed by atoms with Crippen molar-refractivity contribution in [2.24, 2.45) is 0 Å². The summed E-state index contributed by atoms with van der Waals surface area (Å²) in [6, 6.07) is 67.2. The summed E-state index contributed by atoms with van der Waals surface area (Å²) in [5.74, 6) is 0. The molecule has 9 aromatic carbocycles. The first kappa shape index (κ1) is 48.5. The molecule has 0 aliphatic carbocycles. The lowest BCUT2D eigenvalue weighted by Gasteiger charge is -2.36. The molecular weight excluding hydrogens is 960 g/mol. The molecule has 10 aromatic rings. The lowest BCUT2D eigenvalue weighted by Crippen LogP contribution is -2.20. The van der Waals surface area contributed by atoms with Gasteiger partial charge in [0, 0.05) is 59.8 Å². The van der Waals surface area contributed by atoms with Crippen LogP contribution in [0.3, 0.4) is 0 Å². The second-order valence-corrected chi connectivity index (χ2v) is 25.6. The van der Waals surface area contributed by atoms with E-state index < -0.39 is 5.41 Å². The lowest BCUT2D eigenvalue weighted by molar-refractivity contribution is 0.590. The Bertz CT molecular complexity index is 3740. The summed E-state index contributed by atoms with van der Waals surface area (Å²) < 4.78 is 29.5. The third-order valence-electron chi connectivity index (χ3n) is 14.6. The molecule has 2 nitrogen and oxygen atoms in total. The molecule has 382 valence electrons. The Hall–Kier alpha value is -7.17. The summed E-state index contributed by atoms with van der Waals surface area (Å²) in [4.78, 5) is 4.67. The number of hydrogen-bond acceptors (Lipinski definition) is 3. The smallest absolute Gasteiger partial charge is 0.0661 e. The van der Waals surface area contributed by atoms with Crippen molar-refractivity contribution in [3.63, 3.8) is 0 Å². The minimum Gasteiger partial charge on any atom is -0.309 e. The predicted molar refractivity (Wildman–Crippen MR) is 333 cm³/mol. The van der Waals surface area contributed by atoms with Gasteiger partial charge in [-0.2, -0.15) is 0 Å². The molecule has 0 bridgehead atoms. The van der Waals surface area contributed by atoms with Crippen LogP contribution in [0.2, 0.25) is 5.02 Å². The van der Waals surface area contributed by atoms with Crippen molar-refractivity contribution in [3.8, 4) is 44.5 Å². The number of benzene rings is 9. The molecule has 0 saturated heterocycles. The van der Waals surface area contributed by atoms with E-state index in [9.17, 15) is 2.74 Å². The van der Waals surface area contributed by atoms with Gasteiger partial charge in [-0.25, -0.2) is 0 Å². The van der Waals surface area contributed by atoms with Crippen LogP contribution in [0.1, 0.15) is 109 Å². The van der Waals surface area contributed by atoms with Gasteiger partial charge in [0.2, 0.25) is 0 Å². The Labute approximate surface area is 466 Å². The molecule has 10 rings (SSSR count). The highest BCUT2D eigenvalue weighted by atomic mass is 35.5. The van der Waals surface area contributed by atoms with Crippen molar-refractivity contribution in [2.75, 3.05) is 9.80 Å². The normalized spacial score (nSPS) is 12.8. The van der Waals surface area contributed by atoms with E-state index >= 15 is 0 Å². The van der Waals surface area contributed by atoms with Gasteiger partial charge in [0.15, 0.2) is 0 Å². The summed E-state index contributed by atoms with van der Waals surface area (Å²) in [6.07, 6.45) is 0. The largest absolute Gasteiger partial charge is 0.309 e. The molecule has 0 aliphatic rings. The Balaban J connectivity index is 1.42. The Morgan fingerprint density at radius 3 is 1.18 bits per heavy atom. The Kier molecular flexibility index (Phi) is 13.0. The number of fused-ring (bicyclic) bond motifs is 1. The summed E-state index contributed by atoms with van der Waals surface area (Å²) in [6.45, 7) is 27.2. The molecule has 76 heavy (non-hydrogen) atoms. The predicted octanol–water partition coefficient (Wildman–Crippen LogP) is 22.4. The molecule has 0 unspecified atom stereocenters. The molecule has 0 fully saturated rings. The molecule has 0 radical (unpaired) electrons. The van der Waals surface area contributed by atoms with E-state index in [1.54, 1.807) is 17.4 Å². The van der Waals surface area contributed by atoms with Crippen molar-refractivity contribution in [1.82, 2.24) is 0 Å². The van der Waals surface area contributed by atoms with E-state index in [2.05, 4.69) is 268 Å². The maximum atomic E-state index is 10.00. The zero-order chi connectivity index (χ0) is 56.3. The quantitative estimate of drug-likeness (QED) is 0.135. The van der Waals surface area contributed by atoms with Crippen LogP contribution in [0.25, 0.3) is 54.6 Å². The minimum atomic E-state index is -0.394. The van der Waals surface area contributed by atoms with Crippen molar-refractivity contribution >= 4 is 67.1 Å². The first-order chi connectivity index (χ1) is 37.4. The zero-order valence-electron chi connectivity index (χ0n) is 49.2. The molecule has 0 spiro atoms. The third-order valence-corrected chi connectivity index (χ3v) is 15.7. The standard InChI is InChI=1S/C72H71ClN2S/c1-69(2,3)52-36-37-60-65(47-76-66(60)44-52)75(68-63(50-30-21-15-22-31-50)42-55(72(10,11)12)43-64(68)51-32-23-16-24-33-51)59-39-53(70(4,5)6)38-58(46-59)74(57-35-25-34-56(73)45-57)67-61(48-26-17-13-18-27-48)40-54(71(7,8)9)41-62(67)49-28-19-14-20-29-49/h13-47H,1-12H3/i25D,34D,45D. The van der Waals surface area contributed by atoms with Crippen LogP contribution in [-0.2, 0) is 21.7 Å². The fourth-order valence-corrected chi connectivity index (χ4v) is 11.3. The molecule has 0 aliphatic heterocycles. The molecule has 1 aromatic heterocycles. The molecular formula is C72H71ClN2S. The van der Waals surface area contributed by atoms with E-state index in [0.717, 1.165) is 89.5 Å². The zero-order valence-corrected chi connectivity index (χ0v) is 47.7. The van der Waals surface area contributed by atoms with Crippen LogP contribution in [0.4, 0.5) is 34.1 Å². The minimum absolute atomic E-state index is 0.0332. The van der Waals surface area contributed by atoms with Crippen molar-refractivity contribution < 1.29 is 4.11 Å². The number of nitrogens with zero attached hydrogens (tertiary/aromatic N) is 2. The van der Waals surface area contributed by atoms with Crippen molar-refractivity contribution in [1.29, 1.82) is 0 Å². The summed E-state index contributed by atoms with van der Waals surface area (Å²) >= 11 is 8.87. The van der Waals surface area contributed by atoms with Gasteiger partial charge in [-0.15, -0.1) is 11.3 Å². The molecule has 0 amide bonds. The van der Waals surface area contributed by atoms with Gasteiger partial charge in [0.25, 0.3) is 0 Å². The van der Waals surface area contributed by atoms with Gasteiger partial charge in [0.1, 0.15) is 0 Å². The Morgan fingerprint density at radius 2 is 0.776 bits per heavy atom. The van der Waals surface area contributed by atoms with E-state index in [-0.39, 0.29) is 39.4 Å². The van der Waals surface area contributed by atoms with E-state index in [1.807, 2.05) is 12.1 Å². The average Bonchev–Trinajstić information content (AvgIpc) is 4.09. The SMILES string of the molecule is [2H]c1cc(N(c2cc(N(c3c(-c4ccccc4)cc(C(C)(C)C)cc3-c3ccccc3)c3csc4cc(C(C)(C)C)ccc34)cc(C(C)(C)C)c2)c2c(-c3ccccc3)cc(C(C)(C)C)cc2-c2ccccc2)c([2H])c(Cl)c1[2H]. The van der Waals surface area contributed by atoms with Crippen LogP contribution < -0.4 is 9.80 Å². The summed E-state index contributed by atoms with van der Waals surface area (Å²) in [5, 5.41) is 3.39. The number of rotatable bonds is 10. The number of hydrogen-bond donors (Lipinski definition) is 0. The van der Waals surface area contributed by atoms with Crippen LogP contribution in [0.5, 0.6) is 0 Å². The molecule has 1 heterocycles. The maximum absolute atomic E-state index is 10.00. The second-order valence-electron chi connectivity index (χ2n) is 24.3. The average molecular weight is 1030 g/mol. The van der Waals surface area contributed by atoms with Crippen LogP contribution >= 0.6 is 22.9 Å². The summed E-state index contributed by atoms with van der Waals surface area (Å²) in [7, 11) is 0. The lowest BCUT2D eigenvalue weighted by atomic mass is 9.81. The highest BCUT2D eigenvalue weighted by molar-refractivity contribution is 7.17. The van der Waals surface area contributed by atoms with Crippen LogP contribution in [0.15, 0.2) is 212 Å². The fourth-order valence-electron chi connectivity index (χ4n) is 10.2. The molecule has 0 atom stereocenters. The van der Waals surface area contributed by atoms with Gasteiger partial charge in [-0.1, -0.05) is 234 Å². The highest BCUT2D eigenvalue weighted by Gasteiger charge is 2.32. The number of halogens is 1. The molecule has 4 heteroatoms. The number of thiophene rings is 1. The molecule has 0 saturated carbocycles. The van der Waals surface area contributed by atoms with Gasteiger partial charge >= 0.3 is 0 Å². The summed E-state index contributed by atoms with van der Waals surface area (Å²) in [5.41, 5.74) is 17.1. The fraction of sp³-hybridized carbons (Fsp3) is 0.222. The first-order valence-corrected chi connectivity index (χ1v) is 27.8. The maximum Gasteiger partial charge on any atom is 0.0661 e. The van der Waals surface area contributed by atoms with Gasteiger partial charge in [-0.3, -0.25) is 0 Å². The molecule has 0 N–H and O–H groups in total. The highest BCUT2D eigenvalue weighted by Crippen LogP contribution is 2.55. The van der Waals surface area contributed by atoms with Crippen molar-refractivity contribution in [3.05, 3.63) is 239 Å². The van der Waals surface area contributed by atoms with Gasteiger partial charge in [0.05, 0.1) is 21.2 Å². The number of anilines is 6. The monoisotopic (exact) mass is 1030 g/mol. The topological polar surface area (TPSA) is 6.48 Å². The van der Waals surface area contributed by atoms with Crippen molar-refractivity contribution in [2.45, 2.75) is 105 Å². The van der Waals surface area contributed by atoms with Crippen LogP contribution in [0, 0.1) is 0 Å². The van der Waals surface area contributed by atoms with Crippen LogP contribution in [-0.4, -0.2) is 0 Å². The van der Waals surface area contributed by atoms with E-state index in [1.165, 1.54) is 15.8 Å². The van der Waals surface area contributed by atoms with E-state index in [4.69, 9.17) is 13.0 Å². The van der Waals surface area contributed by atoms with E-state index in [0.29, 0.717) is 5.69 Å². The Morgan fingerprint density at radius 1 is 0.395 bits per heavy atom. The van der Waals surface area contributed by atoms with Gasteiger partial charge in [-0.05, 0) is 133 Å². The van der Waals surface area contributed by atoms with Gasteiger partial charge < -0.3 is 9.80 Å². The third kappa shape index (κ3) is 10.7.